The van der Waals surface area contributed by atoms with Gasteiger partial charge in [-0.05, 0) is 20.3 Å². The van der Waals surface area contributed by atoms with Crippen LogP contribution in [-0.2, 0) is 6.54 Å². The maximum atomic E-state index is 9.42. The van der Waals surface area contributed by atoms with Gasteiger partial charge in [-0.2, -0.15) is 0 Å². The number of aliphatic hydroxyl groups is 1. The van der Waals surface area contributed by atoms with Gasteiger partial charge in [0.1, 0.15) is 0 Å². The average Bonchev–Trinajstić information content (AvgIpc) is 2.79. The number of anilines is 1. The van der Waals surface area contributed by atoms with Gasteiger partial charge >= 0.3 is 0 Å². The highest BCUT2D eigenvalue weighted by atomic mass is 32.1. The Balaban J connectivity index is 2.40. The molecule has 1 rings (SSSR count). The second kappa shape index (κ2) is 7.63. The summed E-state index contributed by atoms with van der Waals surface area (Å²) in [6.45, 7) is 9.68. The van der Waals surface area contributed by atoms with Crippen LogP contribution in [0.3, 0.4) is 0 Å². The molecule has 1 aromatic heterocycles. The molecule has 1 unspecified atom stereocenters. The van der Waals surface area contributed by atoms with Crippen LogP contribution in [0.4, 0.5) is 5.13 Å². The van der Waals surface area contributed by atoms with Crippen LogP contribution in [-0.4, -0.2) is 35.8 Å². The van der Waals surface area contributed by atoms with E-state index >= 15 is 0 Å². The Morgan fingerprint density at radius 1 is 1.41 bits per heavy atom. The van der Waals surface area contributed by atoms with Gasteiger partial charge in [-0.25, -0.2) is 4.98 Å². The lowest BCUT2D eigenvalue weighted by Gasteiger charge is -2.16. The molecule has 0 aliphatic heterocycles. The fraction of sp³-hybridized carbons (Fsp3) is 0.750. The zero-order valence-corrected chi connectivity index (χ0v) is 11.8. The van der Waals surface area contributed by atoms with Gasteiger partial charge in [-0.15, -0.1) is 11.3 Å². The van der Waals surface area contributed by atoms with Crippen LogP contribution in [0.1, 0.15) is 32.1 Å². The number of hydrogen-bond donors (Lipinski definition) is 2. The third-order valence-corrected chi connectivity index (χ3v) is 3.78. The second-order valence-electron chi connectivity index (χ2n) is 3.97. The second-order valence-corrected chi connectivity index (χ2v) is 5.07. The highest BCUT2D eigenvalue weighted by molar-refractivity contribution is 7.15. The first-order valence-electron chi connectivity index (χ1n) is 6.29. The van der Waals surface area contributed by atoms with Crippen LogP contribution in [0.15, 0.2) is 6.20 Å². The van der Waals surface area contributed by atoms with E-state index < -0.39 is 0 Å². The van der Waals surface area contributed by atoms with E-state index in [1.54, 1.807) is 11.3 Å². The smallest absolute Gasteiger partial charge is 0.185 e. The molecule has 2 N–H and O–H groups in total. The first-order chi connectivity index (χ1) is 8.21. The van der Waals surface area contributed by atoms with Gasteiger partial charge in [-0.1, -0.05) is 6.92 Å². The highest BCUT2D eigenvalue weighted by Gasteiger charge is 2.07. The molecule has 1 heterocycles. The third-order valence-electron chi connectivity index (χ3n) is 2.73. The molecule has 1 aromatic rings. The summed E-state index contributed by atoms with van der Waals surface area (Å²) in [5.41, 5.74) is 0. The van der Waals surface area contributed by atoms with E-state index in [1.807, 2.05) is 13.1 Å². The van der Waals surface area contributed by atoms with E-state index in [-0.39, 0.29) is 6.10 Å². The largest absolute Gasteiger partial charge is 0.392 e. The molecule has 4 nitrogen and oxygen atoms in total. The summed E-state index contributed by atoms with van der Waals surface area (Å²) in [5.74, 6) is 0. The van der Waals surface area contributed by atoms with Gasteiger partial charge in [0.2, 0.25) is 0 Å². The fourth-order valence-electron chi connectivity index (χ4n) is 1.53. The number of rotatable bonds is 8. The Morgan fingerprint density at radius 3 is 2.71 bits per heavy atom. The van der Waals surface area contributed by atoms with Gasteiger partial charge in [-0.3, -0.25) is 0 Å². The molecular formula is C12H23N3OS. The Kier molecular flexibility index (Phi) is 6.47. The average molecular weight is 257 g/mol. The summed E-state index contributed by atoms with van der Waals surface area (Å²) in [4.78, 5) is 7.88. The van der Waals surface area contributed by atoms with Crippen LogP contribution < -0.4 is 10.2 Å². The number of aliphatic hydroxyl groups excluding tert-OH is 1. The van der Waals surface area contributed by atoms with Crippen LogP contribution in [0, 0.1) is 0 Å². The predicted molar refractivity (Wildman–Crippen MR) is 73.7 cm³/mol. The monoisotopic (exact) mass is 257 g/mol. The van der Waals surface area contributed by atoms with Crippen molar-refractivity contribution in [1.29, 1.82) is 0 Å². The summed E-state index contributed by atoms with van der Waals surface area (Å²) in [5, 5.41) is 13.8. The maximum Gasteiger partial charge on any atom is 0.185 e. The van der Waals surface area contributed by atoms with Crippen LogP contribution in [0.25, 0.3) is 0 Å². The van der Waals surface area contributed by atoms with E-state index in [9.17, 15) is 5.11 Å². The molecule has 0 radical (unpaired) electrons. The van der Waals surface area contributed by atoms with Crippen molar-refractivity contribution in [2.45, 2.75) is 39.8 Å². The van der Waals surface area contributed by atoms with Crippen LogP contribution in [0.5, 0.6) is 0 Å². The van der Waals surface area contributed by atoms with Crippen molar-refractivity contribution in [2.24, 2.45) is 0 Å². The number of aromatic nitrogens is 1. The fourth-order valence-corrected chi connectivity index (χ4v) is 2.53. The molecule has 1 atom stereocenters. The number of nitrogens with zero attached hydrogens (tertiary/aromatic N) is 2. The van der Waals surface area contributed by atoms with Gasteiger partial charge in [0.05, 0.1) is 6.10 Å². The topological polar surface area (TPSA) is 48.4 Å². The standard InChI is InChI=1S/C12H23N3OS/c1-4-10(16)7-13-8-11-9-14-12(17-11)15(5-2)6-3/h9-10,13,16H,4-8H2,1-3H3. The maximum absolute atomic E-state index is 9.42. The van der Waals surface area contributed by atoms with Crippen molar-refractivity contribution in [1.82, 2.24) is 10.3 Å². The molecule has 5 heteroatoms. The van der Waals surface area contributed by atoms with Crippen molar-refractivity contribution in [3.8, 4) is 0 Å². The summed E-state index contributed by atoms with van der Waals surface area (Å²) in [6, 6.07) is 0. The molecular weight excluding hydrogens is 234 g/mol. The highest BCUT2D eigenvalue weighted by Crippen LogP contribution is 2.21. The van der Waals surface area contributed by atoms with Crippen molar-refractivity contribution >= 4 is 16.5 Å². The molecule has 98 valence electrons. The molecule has 0 saturated heterocycles. The third kappa shape index (κ3) is 4.61. The lowest BCUT2D eigenvalue weighted by molar-refractivity contribution is 0.167. The van der Waals surface area contributed by atoms with E-state index in [1.165, 1.54) is 4.88 Å². The molecule has 0 amide bonds. The first kappa shape index (κ1) is 14.4. The first-order valence-corrected chi connectivity index (χ1v) is 7.11. The normalized spacial score (nSPS) is 12.7. The minimum absolute atomic E-state index is 0.245. The lowest BCUT2D eigenvalue weighted by atomic mass is 10.3. The molecule has 0 aliphatic carbocycles. The van der Waals surface area contributed by atoms with Crippen LogP contribution in [0.2, 0.25) is 0 Å². The van der Waals surface area contributed by atoms with Gasteiger partial charge < -0.3 is 15.3 Å². The molecule has 17 heavy (non-hydrogen) atoms. The zero-order valence-electron chi connectivity index (χ0n) is 10.9. The Hall–Kier alpha value is -0.650. The number of thiazole rings is 1. The number of hydrogen-bond acceptors (Lipinski definition) is 5. The minimum atomic E-state index is -0.245. The Labute approximate surface area is 108 Å². The van der Waals surface area contributed by atoms with Gasteiger partial charge in [0, 0.05) is 37.3 Å². The van der Waals surface area contributed by atoms with E-state index in [4.69, 9.17) is 0 Å². The summed E-state index contributed by atoms with van der Waals surface area (Å²) in [7, 11) is 0. The van der Waals surface area contributed by atoms with Crippen molar-refractivity contribution < 1.29 is 5.11 Å². The summed E-state index contributed by atoms with van der Waals surface area (Å²) in [6.07, 6.45) is 2.47. The van der Waals surface area contributed by atoms with Crippen molar-refractivity contribution in [2.75, 3.05) is 24.5 Å². The van der Waals surface area contributed by atoms with Gasteiger partial charge in [0.25, 0.3) is 0 Å². The van der Waals surface area contributed by atoms with Gasteiger partial charge in [0.15, 0.2) is 5.13 Å². The molecule has 0 aliphatic rings. The SMILES string of the molecule is CCC(O)CNCc1cnc(N(CC)CC)s1. The van der Waals surface area contributed by atoms with E-state index in [0.29, 0.717) is 6.54 Å². The number of nitrogens with one attached hydrogen (secondary N) is 1. The van der Waals surface area contributed by atoms with E-state index in [2.05, 4.69) is 29.0 Å². The molecule has 0 aromatic carbocycles. The summed E-state index contributed by atoms with van der Waals surface area (Å²) >= 11 is 1.72. The van der Waals surface area contributed by atoms with Crippen molar-refractivity contribution in [3.05, 3.63) is 11.1 Å². The molecule has 0 fully saturated rings. The van der Waals surface area contributed by atoms with E-state index in [0.717, 1.165) is 31.2 Å². The predicted octanol–water partition coefficient (Wildman–Crippen LogP) is 1.85. The Bertz CT molecular complexity index is 312. The quantitative estimate of drug-likeness (QED) is 0.746. The zero-order chi connectivity index (χ0) is 12.7. The lowest BCUT2D eigenvalue weighted by Crippen LogP contribution is -2.25. The molecule has 0 saturated carbocycles. The Morgan fingerprint density at radius 2 is 2.12 bits per heavy atom. The van der Waals surface area contributed by atoms with Crippen molar-refractivity contribution in [3.63, 3.8) is 0 Å². The summed E-state index contributed by atoms with van der Waals surface area (Å²) < 4.78 is 0. The minimum Gasteiger partial charge on any atom is -0.392 e. The molecule has 0 spiro atoms. The van der Waals surface area contributed by atoms with Crippen LogP contribution >= 0.6 is 11.3 Å². The molecule has 0 bridgehead atoms.